The molecular formula is C54H38N2S. The van der Waals surface area contributed by atoms with Gasteiger partial charge in [0, 0.05) is 58.5 Å². The van der Waals surface area contributed by atoms with E-state index in [4.69, 9.17) is 0 Å². The number of nitrogens with zero attached hydrogens (tertiary/aromatic N) is 2. The monoisotopic (exact) mass is 746 g/mol. The molecule has 57 heavy (non-hydrogen) atoms. The van der Waals surface area contributed by atoms with Gasteiger partial charge >= 0.3 is 0 Å². The Kier molecular flexibility index (Phi) is 6.57. The van der Waals surface area contributed by atoms with Crippen molar-refractivity contribution in [3.8, 4) is 33.6 Å². The van der Waals surface area contributed by atoms with E-state index in [0.717, 1.165) is 0 Å². The van der Waals surface area contributed by atoms with Gasteiger partial charge in [-0.15, -0.1) is 11.3 Å². The summed E-state index contributed by atoms with van der Waals surface area (Å²) in [5.74, 6) is 0. The molecule has 3 heteroatoms. The molecule has 0 atom stereocenters. The third kappa shape index (κ3) is 4.41. The minimum Gasteiger partial charge on any atom is -0.309 e. The average Bonchev–Trinajstić information content (AvgIpc) is 3.98. The standard InChI is InChI=1S/C54H38N2S/c1-3-13-36(14-4-1)55-50-25-22-35(30-43(50)44-32-47-41(33-51(44)55)38-15-5-8-18-46(38)54(47)27-11-2-12-28-54)34-21-24-49-42(29-34)39-16-6-9-19-48(39)56(49)37-23-26-53-45(31-37)40-17-7-10-20-52(40)57-53/h1,3-10,13-26,29-33H,2,11-12,27-28H2. The van der Waals surface area contributed by atoms with Gasteiger partial charge in [0.2, 0.25) is 0 Å². The first kappa shape index (κ1) is 31.7. The third-order valence-electron chi connectivity index (χ3n) is 13.5. The van der Waals surface area contributed by atoms with Crippen molar-refractivity contribution in [2.75, 3.05) is 0 Å². The molecule has 0 aliphatic heterocycles. The Morgan fingerprint density at radius 2 is 1.00 bits per heavy atom. The molecule has 0 N–H and O–H groups in total. The van der Waals surface area contributed by atoms with E-state index in [0.29, 0.717) is 0 Å². The van der Waals surface area contributed by atoms with Crippen molar-refractivity contribution in [2.45, 2.75) is 37.5 Å². The Hall–Kier alpha value is -6.42. The molecule has 0 amide bonds. The van der Waals surface area contributed by atoms with E-state index in [9.17, 15) is 0 Å². The summed E-state index contributed by atoms with van der Waals surface area (Å²) in [7, 11) is 0. The van der Waals surface area contributed by atoms with Crippen LogP contribution >= 0.6 is 11.3 Å². The van der Waals surface area contributed by atoms with Gasteiger partial charge in [-0.05, 0) is 125 Å². The highest BCUT2D eigenvalue weighted by molar-refractivity contribution is 7.25. The summed E-state index contributed by atoms with van der Waals surface area (Å²) in [6.07, 6.45) is 6.38. The first-order valence-electron chi connectivity index (χ1n) is 20.5. The van der Waals surface area contributed by atoms with Crippen LogP contribution in [0.2, 0.25) is 0 Å². The first-order valence-corrected chi connectivity index (χ1v) is 21.3. The van der Waals surface area contributed by atoms with E-state index in [-0.39, 0.29) is 5.41 Å². The van der Waals surface area contributed by atoms with Gasteiger partial charge in [-0.3, -0.25) is 0 Å². The summed E-state index contributed by atoms with van der Waals surface area (Å²) < 4.78 is 7.61. The third-order valence-corrected chi connectivity index (χ3v) is 14.7. The molecule has 1 fully saturated rings. The van der Waals surface area contributed by atoms with Crippen LogP contribution in [-0.2, 0) is 5.41 Å². The van der Waals surface area contributed by atoms with E-state index in [1.54, 1.807) is 5.56 Å². The minimum atomic E-state index is 0.109. The van der Waals surface area contributed by atoms with Crippen molar-refractivity contribution in [1.82, 2.24) is 9.13 Å². The fraction of sp³-hybridized carbons (Fsp3) is 0.111. The van der Waals surface area contributed by atoms with Gasteiger partial charge in [-0.2, -0.15) is 0 Å². The summed E-state index contributed by atoms with van der Waals surface area (Å²) >= 11 is 1.87. The molecule has 1 spiro atoms. The Balaban J connectivity index is 1.02. The maximum atomic E-state index is 2.60. The van der Waals surface area contributed by atoms with Crippen LogP contribution in [0.4, 0.5) is 0 Å². The van der Waals surface area contributed by atoms with Crippen LogP contribution in [-0.4, -0.2) is 9.13 Å². The zero-order chi connectivity index (χ0) is 37.2. The molecule has 8 aromatic carbocycles. The SMILES string of the molecule is c1ccc(-n2c3ccc(-c4ccc5c(c4)c4ccccc4n5-c4ccc5sc6ccccc6c5c4)cc3c3cc4c(cc32)-c2ccccc2C42CCCCC2)cc1. The number of benzene rings is 8. The lowest BCUT2D eigenvalue weighted by molar-refractivity contribution is 0.353. The predicted octanol–water partition coefficient (Wildman–Crippen LogP) is 15.1. The fourth-order valence-electron chi connectivity index (χ4n) is 11.0. The molecule has 1 saturated carbocycles. The number of thiophene rings is 1. The van der Waals surface area contributed by atoms with Gasteiger partial charge in [0.25, 0.3) is 0 Å². The highest BCUT2D eigenvalue weighted by atomic mass is 32.1. The quantitative estimate of drug-likeness (QED) is 0.170. The molecule has 0 saturated heterocycles. The molecule has 2 aliphatic rings. The summed E-state index contributed by atoms with van der Waals surface area (Å²) in [5.41, 5.74) is 15.9. The lowest BCUT2D eigenvalue weighted by Gasteiger charge is -2.36. The summed E-state index contributed by atoms with van der Waals surface area (Å²) in [5, 5.41) is 7.87. The van der Waals surface area contributed by atoms with Gasteiger partial charge in [0.15, 0.2) is 0 Å². The second-order valence-electron chi connectivity index (χ2n) is 16.4. The Bertz CT molecular complexity index is 3440. The second kappa shape index (κ2) is 11.8. The summed E-state index contributed by atoms with van der Waals surface area (Å²) in [6, 6.07) is 64.3. The van der Waals surface area contributed by atoms with Gasteiger partial charge in [-0.1, -0.05) is 110 Å². The molecule has 0 bridgehead atoms. The Morgan fingerprint density at radius 1 is 0.368 bits per heavy atom. The molecule has 13 rings (SSSR count). The van der Waals surface area contributed by atoms with Crippen LogP contribution in [0, 0.1) is 0 Å². The number of fused-ring (bicyclic) bond motifs is 14. The van der Waals surface area contributed by atoms with E-state index in [1.807, 2.05) is 11.3 Å². The van der Waals surface area contributed by atoms with Crippen molar-refractivity contribution < 1.29 is 0 Å². The largest absolute Gasteiger partial charge is 0.309 e. The van der Waals surface area contributed by atoms with Gasteiger partial charge in [0.05, 0.1) is 22.1 Å². The van der Waals surface area contributed by atoms with E-state index in [1.165, 1.54) is 135 Å². The number of rotatable bonds is 3. The maximum absolute atomic E-state index is 2.60. The Morgan fingerprint density at radius 3 is 1.82 bits per heavy atom. The molecule has 2 nitrogen and oxygen atoms in total. The van der Waals surface area contributed by atoms with Crippen molar-refractivity contribution >= 4 is 75.1 Å². The molecule has 0 radical (unpaired) electrons. The smallest absolute Gasteiger partial charge is 0.0547 e. The molecule has 3 aromatic heterocycles. The van der Waals surface area contributed by atoms with Gasteiger partial charge < -0.3 is 9.13 Å². The van der Waals surface area contributed by atoms with E-state index in [2.05, 4.69) is 179 Å². The summed E-state index contributed by atoms with van der Waals surface area (Å²) in [4.78, 5) is 0. The zero-order valence-corrected chi connectivity index (χ0v) is 32.3. The molecule has 11 aromatic rings. The summed E-state index contributed by atoms with van der Waals surface area (Å²) in [6.45, 7) is 0. The lowest BCUT2D eigenvalue weighted by Crippen LogP contribution is -2.27. The van der Waals surface area contributed by atoms with Crippen LogP contribution < -0.4 is 0 Å². The average molecular weight is 747 g/mol. The fourth-order valence-corrected chi connectivity index (χ4v) is 12.1. The number of para-hydroxylation sites is 2. The van der Waals surface area contributed by atoms with Gasteiger partial charge in [-0.25, -0.2) is 0 Å². The Labute approximate surface area is 334 Å². The topological polar surface area (TPSA) is 9.86 Å². The maximum Gasteiger partial charge on any atom is 0.0547 e. The highest BCUT2D eigenvalue weighted by Gasteiger charge is 2.44. The van der Waals surface area contributed by atoms with Crippen LogP contribution in [0.15, 0.2) is 170 Å². The second-order valence-corrected chi connectivity index (χ2v) is 17.5. The van der Waals surface area contributed by atoms with Crippen LogP contribution in [0.1, 0.15) is 43.2 Å². The molecule has 2 aliphatic carbocycles. The molecule has 0 unspecified atom stereocenters. The van der Waals surface area contributed by atoms with Crippen LogP contribution in [0.3, 0.4) is 0 Å². The number of aromatic nitrogens is 2. The van der Waals surface area contributed by atoms with Crippen molar-refractivity contribution in [3.05, 3.63) is 181 Å². The number of hydrogen-bond acceptors (Lipinski definition) is 1. The molecular weight excluding hydrogens is 709 g/mol. The minimum absolute atomic E-state index is 0.109. The van der Waals surface area contributed by atoms with Crippen LogP contribution in [0.25, 0.3) is 97.4 Å². The normalized spacial score (nSPS) is 14.8. The molecule has 270 valence electrons. The van der Waals surface area contributed by atoms with E-state index >= 15 is 0 Å². The predicted molar refractivity (Wildman–Crippen MR) is 243 cm³/mol. The van der Waals surface area contributed by atoms with Gasteiger partial charge in [0.1, 0.15) is 0 Å². The molecule has 3 heterocycles. The van der Waals surface area contributed by atoms with Crippen molar-refractivity contribution in [3.63, 3.8) is 0 Å². The number of hydrogen-bond donors (Lipinski definition) is 0. The van der Waals surface area contributed by atoms with E-state index < -0.39 is 0 Å². The van der Waals surface area contributed by atoms with Crippen LogP contribution in [0.5, 0.6) is 0 Å². The highest BCUT2D eigenvalue weighted by Crippen LogP contribution is 2.57. The lowest BCUT2D eigenvalue weighted by atomic mass is 9.68. The zero-order valence-electron chi connectivity index (χ0n) is 31.5. The van der Waals surface area contributed by atoms with Crippen molar-refractivity contribution in [2.24, 2.45) is 0 Å². The van der Waals surface area contributed by atoms with Crippen molar-refractivity contribution in [1.29, 1.82) is 0 Å². The first-order chi connectivity index (χ1) is 28.2.